The first-order chi connectivity index (χ1) is 17.0. The van der Waals surface area contributed by atoms with Crippen LogP contribution in [-0.4, -0.2) is 48.9 Å². The molecule has 0 aromatic carbocycles. The van der Waals surface area contributed by atoms with Crippen LogP contribution < -0.4 is 16.0 Å². The molecule has 3 N–H and O–H groups in total. The molecule has 0 saturated heterocycles. The zero-order valence-electron chi connectivity index (χ0n) is 20.0. The number of carbonyl (C=O) groups excluding carboxylic acids is 2. The molecule has 3 aromatic rings. The lowest BCUT2D eigenvalue weighted by Gasteiger charge is -2.24. The van der Waals surface area contributed by atoms with E-state index in [2.05, 4.69) is 31.2 Å². The van der Waals surface area contributed by atoms with Crippen LogP contribution in [0.25, 0.3) is 5.82 Å². The van der Waals surface area contributed by atoms with E-state index >= 15 is 0 Å². The van der Waals surface area contributed by atoms with E-state index in [0.717, 1.165) is 42.8 Å². The van der Waals surface area contributed by atoms with E-state index in [1.165, 1.54) is 17.7 Å². The minimum atomic E-state index is -0.0744. The Labute approximate surface area is 207 Å². The Morgan fingerprint density at radius 3 is 2.74 bits per heavy atom. The lowest BCUT2D eigenvalue weighted by molar-refractivity contribution is -0.117. The third kappa shape index (κ3) is 4.56. The van der Waals surface area contributed by atoms with Gasteiger partial charge in [0.1, 0.15) is 17.1 Å². The molecule has 3 aromatic heterocycles. The molecule has 0 unspecified atom stereocenters. The topological polar surface area (TPSA) is 119 Å². The van der Waals surface area contributed by atoms with Crippen molar-refractivity contribution in [2.24, 2.45) is 18.9 Å². The number of thiophene rings is 1. The Hall–Kier alpha value is -3.21. The summed E-state index contributed by atoms with van der Waals surface area (Å²) in [5.41, 5.74) is 2.61. The second-order valence-electron chi connectivity index (χ2n) is 10.0. The van der Waals surface area contributed by atoms with Gasteiger partial charge < -0.3 is 16.0 Å². The molecule has 3 aliphatic carbocycles. The van der Waals surface area contributed by atoms with Crippen molar-refractivity contribution in [2.45, 2.75) is 57.9 Å². The van der Waals surface area contributed by atoms with Crippen LogP contribution in [0, 0.1) is 18.8 Å². The van der Waals surface area contributed by atoms with Crippen molar-refractivity contribution in [3.05, 3.63) is 34.1 Å². The number of nitrogens with zero attached hydrogens (tertiary/aromatic N) is 5. The number of aryl methyl sites for hydroxylation is 3. The first-order valence-electron chi connectivity index (χ1n) is 12.4. The molecule has 0 bridgehead atoms. The standard InChI is InChI=1S/C24H30N8O2S/c1-13-9-19(31(2)30-13)32-12-26-29-24(32)27-16-7-8-18-17(10-16)20(22(34)25-11-14-3-4-14)23(35-18)28-21(33)15-5-6-15/h9,12,14-16H,3-8,10-11H2,1-2H3,(H,25,34)(H,27,29)(H,28,33)/t16-/m0/s1. The molecule has 2 amide bonds. The number of fused-ring (bicyclic) bond motifs is 1. The number of hydrogen-bond donors (Lipinski definition) is 3. The van der Waals surface area contributed by atoms with Gasteiger partial charge in [-0.1, -0.05) is 0 Å². The Balaban J connectivity index is 1.25. The molecule has 184 valence electrons. The van der Waals surface area contributed by atoms with Crippen molar-refractivity contribution in [3.8, 4) is 5.82 Å². The maximum Gasteiger partial charge on any atom is 0.254 e. The van der Waals surface area contributed by atoms with Crippen molar-refractivity contribution < 1.29 is 9.59 Å². The Morgan fingerprint density at radius 1 is 1.20 bits per heavy atom. The Bertz CT molecular complexity index is 1280. The van der Waals surface area contributed by atoms with Crippen LogP contribution in [0.4, 0.5) is 10.9 Å². The van der Waals surface area contributed by atoms with Gasteiger partial charge in [0, 0.05) is 36.5 Å². The summed E-state index contributed by atoms with van der Waals surface area (Å²) in [6.45, 7) is 2.66. The summed E-state index contributed by atoms with van der Waals surface area (Å²) in [5, 5.41) is 23.3. The van der Waals surface area contributed by atoms with Gasteiger partial charge in [0.25, 0.3) is 5.91 Å². The summed E-state index contributed by atoms with van der Waals surface area (Å²) in [6.07, 6.45) is 8.34. The van der Waals surface area contributed by atoms with E-state index in [9.17, 15) is 9.59 Å². The SMILES string of the molecule is Cc1cc(-n2cnnc2N[C@H]2CCc3sc(NC(=O)C4CC4)c(C(=O)NCC4CC4)c3C2)n(C)n1. The van der Waals surface area contributed by atoms with Crippen LogP contribution in [-0.2, 0) is 24.7 Å². The predicted octanol–water partition coefficient (Wildman–Crippen LogP) is 2.83. The zero-order valence-corrected chi connectivity index (χ0v) is 20.8. The second-order valence-corrected chi connectivity index (χ2v) is 11.1. The maximum absolute atomic E-state index is 13.3. The quantitative estimate of drug-likeness (QED) is 0.443. The summed E-state index contributed by atoms with van der Waals surface area (Å²) in [5.74, 6) is 2.18. The predicted molar refractivity (Wildman–Crippen MR) is 133 cm³/mol. The number of aromatic nitrogens is 5. The average molecular weight is 495 g/mol. The van der Waals surface area contributed by atoms with Crippen molar-refractivity contribution in [3.63, 3.8) is 0 Å². The fraction of sp³-hybridized carbons (Fsp3) is 0.542. The molecular formula is C24H30N8O2S. The van der Waals surface area contributed by atoms with Crippen molar-refractivity contribution in [1.82, 2.24) is 29.9 Å². The molecule has 6 rings (SSSR count). The number of anilines is 2. The Morgan fingerprint density at radius 2 is 2.03 bits per heavy atom. The lowest BCUT2D eigenvalue weighted by Crippen LogP contribution is -2.31. The average Bonchev–Trinajstić information content (AvgIpc) is 3.74. The van der Waals surface area contributed by atoms with Crippen LogP contribution in [0.3, 0.4) is 0 Å². The minimum Gasteiger partial charge on any atom is -0.352 e. The molecule has 35 heavy (non-hydrogen) atoms. The molecule has 0 radical (unpaired) electrons. The molecular weight excluding hydrogens is 464 g/mol. The monoisotopic (exact) mass is 494 g/mol. The maximum atomic E-state index is 13.3. The molecule has 10 nitrogen and oxygen atoms in total. The van der Waals surface area contributed by atoms with Crippen LogP contribution in [0.5, 0.6) is 0 Å². The molecule has 2 fully saturated rings. The highest BCUT2D eigenvalue weighted by Gasteiger charge is 2.34. The third-order valence-corrected chi connectivity index (χ3v) is 8.23. The fourth-order valence-electron chi connectivity index (χ4n) is 4.75. The van der Waals surface area contributed by atoms with Gasteiger partial charge in [0.05, 0.1) is 11.3 Å². The molecule has 0 spiro atoms. The normalized spacial score (nSPS) is 19.3. The summed E-state index contributed by atoms with van der Waals surface area (Å²) < 4.78 is 3.70. The molecule has 2 saturated carbocycles. The van der Waals surface area contributed by atoms with Gasteiger partial charge in [-0.05, 0) is 63.4 Å². The number of amides is 2. The minimum absolute atomic E-state index is 0.0362. The summed E-state index contributed by atoms with van der Waals surface area (Å²) in [7, 11) is 1.90. The molecule has 3 heterocycles. The zero-order chi connectivity index (χ0) is 24.1. The van der Waals surface area contributed by atoms with Crippen LogP contribution in [0.15, 0.2) is 12.4 Å². The molecule has 1 atom stereocenters. The van der Waals surface area contributed by atoms with E-state index in [4.69, 9.17) is 0 Å². The lowest BCUT2D eigenvalue weighted by atomic mass is 9.91. The van der Waals surface area contributed by atoms with Crippen molar-refractivity contribution >= 4 is 34.1 Å². The Kier molecular flexibility index (Phi) is 5.58. The van der Waals surface area contributed by atoms with Gasteiger partial charge in [-0.15, -0.1) is 21.5 Å². The van der Waals surface area contributed by atoms with Gasteiger partial charge in [-0.25, -0.2) is 0 Å². The van der Waals surface area contributed by atoms with Crippen molar-refractivity contribution in [1.29, 1.82) is 0 Å². The highest BCUT2D eigenvalue weighted by Crippen LogP contribution is 2.40. The smallest absolute Gasteiger partial charge is 0.254 e. The van der Waals surface area contributed by atoms with E-state index in [0.29, 0.717) is 35.4 Å². The van der Waals surface area contributed by atoms with Crippen LogP contribution in [0.2, 0.25) is 0 Å². The number of hydrogen-bond acceptors (Lipinski definition) is 7. The van der Waals surface area contributed by atoms with Crippen LogP contribution >= 0.6 is 11.3 Å². The summed E-state index contributed by atoms with van der Waals surface area (Å²) in [4.78, 5) is 27.0. The van der Waals surface area contributed by atoms with Crippen LogP contribution in [0.1, 0.15) is 58.6 Å². The van der Waals surface area contributed by atoms with E-state index in [1.807, 2.05) is 24.6 Å². The summed E-state index contributed by atoms with van der Waals surface area (Å²) in [6, 6.07) is 2.08. The molecule has 11 heteroatoms. The third-order valence-electron chi connectivity index (χ3n) is 7.03. The highest BCUT2D eigenvalue weighted by atomic mass is 32.1. The summed E-state index contributed by atoms with van der Waals surface area (Å²) >= 11 is 1.56. The number of rotatable bonds is 8. The molecule has 0 aliphatic heterocycles. The second kappa shape index (κ2) is 8.78. The van der Waals surface area contributed by atoms with E-state index in [-0.39, 0.29) is 23.8 Å². The first-order valence-corrected chi connectivity index (χ1v) is 13.2. The van der Waals surface area contributed by atoms with E-state index in [1.54, 1.807) is 22.3 Å². The van der Waals surface area contributed by atoms with Gasteiger partial charge in [-0.2, -0.15) is 5.10 Å². The van der Waals surface area contributed by atoms with Crippen molar-refractivity contribution in [2.75, 3.05) is 17.2 Å². The van der Waals surface area contributed by atoms with E-state index < -0.39 is 0 Å². The van der Waals surface area contributed by atoms with Gasteiger partial charge in [0.15, 0.2) is 0 Å². The first kappa shape index (κ1) is 22.3. The number of carbonyl (C=O) groups is 2. The largest absolute Gasteiger partial charge is 0.352 e. The van der Waals surface area contributed by atoms with Gasteiger partial charge in [-0.3, -0.25) is 18.8 Å². The highest BCUT2D eigenvalue weighted by molar-refractivity contribution is 7.17. The fourth-order valence-corrected chi connectivity index (χ4v) is 5.99. The number of nitrogens with one attached hydrogen (secondary N) is 3. The van der Waals surface area contributed by atoms with Gasteiger partial charge >= 0.3 is 0 Å². The molecule has 3 aliphatic rings. The van der Waals surface area contributed by atoms with Gasteiger partial charge in [0.2, 0.25) is 11.9 Å².